The molecular formula is C18H19NO3S. The smallest absolute Gasteiger partial charge is 0.296 e. The zero-order valence-electron chi connectivity index (χ0n) is 13.0. The maximum Gasteiger partial charge on any atom is 0.296 e. The minimum atomic E-state index is -3.67. The number of aryl methyl sites for hydroxylation is 2. The van der Waals surface area contributed by atoms with Crippen molar-refractivity contribution >= 4 is 21.0 Å². The van der Waals surface area contributed by atoms with Crippen LogP contribution < -0.4 is 0 Å². The fraction of sp³-hybridized carbons (Fsp3) is 0.222. The highest BCUT2D eigenvalue weighted by Gasteiger charge is 2.14. The van der Waals surface area contributed by atoms with Crippen LogP contribution in [-0.4, -0.2) is 20.0 Å². The fourth-order valence-electron chi connectivity index (χ4n) is 2.47. The van der Waals surface area contributed by atoms with Crippen LogP contribution in [0.1, 0.15) is 17.7 Å². The van der Waals surface area contributed by atoms with Gasteiger partial charge in [-0.3, -0.25) is 4.18 Å². The molecule has 0 saturated heterocycles. The van der Waals surface area contributed by atoms with Gasteiger partial charge >= 0.3 is 0 Å². The summed E-state index contributed by atoms with van der Waals surface area (Å²) in [6.07, 6.45) is 1.38. The number of para-hydroxylation sites is 1. The van der Waals surface area contributed by atoms with Gasteiger partial charge in [0.25, 0.3) is 10.1 Å². The Labute approximate surface area is 136 Å². The molecule has 0 spiro atoms. The molecule has 23 heavy (non-hydrogen) atoms. The zero-order chi connectivity index (χ0) is 16.3. The third kappa shape index (κ3) is 3.81. The summed E-state index contributed by atoms with van der Waals surface area (Å²) in [7, 11) is -3.67. The lowest BCUT2D eigenvalue weighted by Gasteiger charge is -2.05. The van der Waals surface area contributed by atoms with Crippen molar-refractivity contribution in [2.75, 3.05) is 6.61 Å². The molecule has 4 nitrogen and oxygen atoms in total. The van der Waals surface area contributed by atoms with Gasteiger partial charge in [0.1, 0.15) is 0 Å². The van der Waals surface area contributed by atoms with Gasteiger partial charge in [-0.05, 0) is 49.4 Å². The van der Waals surface area contributed by atoms with Gasteiger partial charge in [-0.15, -0.1) is 0 Å². The van der Waals surface area contributed by atoms with Crippen LogP contribution in [0.15, 0.2) is 59.5 Å². The summed E-state index contributed by atoms with van der Waals surface area (Å²) in [6.45, 7) is 2.09. The Morgan fingerprint density at radius 1 is 1.04 bits per heavy atom. The van der Waals surface area contributed by atoms with E-state index in [-0.39, 0.29) is 11.5 Å². The highest BCUT2D eigenvalue weighted by Crippen LogP contribution is 2.17. The van der Waals surface area contributed by atoms with Crippen LogP contribution in [0, 0.1) is 6.92 Å². The summed E-state index contributed by atoms with van der Waals surface area (Å²) in [4.78, 5) is 3.53. The van der Waals surface area contributed by atoms with Crippen molar-refractivity contribution in [1.82, 2.24) is 4.98 Å². The van der Waals surface area contributed by atoms with Crippen LogP contribution in [-0.2, 0) is 20.7 Å². The third-order valence-corrected chi connectivity index (χ3v) is 5.05. The van der Waals surface area contributed by atoms with Crippen molar-refractivity contribution in [3.63, 3.8) is 0 Å². The molecule has 2 aromatic carbocycles. The number of aromatic amines is 1. The number of nitrogens with one attached hydrogen (secondary N) is 1. The molecule has 0 aliphatic rings. The number of hydrogen-bond donors (Lipinski definition) is 1. The first-order valence-electron chi connectivity index (χ1n) is 7.57. The summed E-state index contributed by atoms with van der Waals surface area (Å²) in [6, 6.07) is 16.8. The second-order valence-electron chi connectivity index (χ2n) is 5.57. The Balaban J connectivity index is 1.55. The van der Waals surface area contributed by atoms with E-state index in [2.05, 4.69) is 11.1 Å². The average Bonchev–Trinajstić information content (AvgIpc) is 2.95. The van der Waals surface area contributed by atoms with Crippen LogP contribution >= 0.6 is 0 Å². The fourth-order valence-corrected chi connectivity index (χ4v) is 3.42. The first kappa shape index (κ1) is 15.8. The van der Waals surface area contributed by atoms with Gasteiger partial charge < -0.3 is 4.98 Å². The Bertz CT molecular complexity index is 862. The molecule has 3 rings (SSSR count). The highest BCUT2D eigenvalue weighted by molar-refractivity contribution is 7.86. The second-order valence-corrected chi connectivity index (χ2v) is 7.19. The van der Waals surface area contributed by atoms with Gasteiger partial charge in [0, 0.05) is 11.2 Å². The van der Waals surface area contributed by atoms with E-state index in [1.807, 2.05) is 31.2 Å². The molecule has 5 heteroatoms. The van der Waals surface area contributed by atoms with E-state index >= 15 is 0 Å². The summed E-state index contributed by atoms with van der Waals surface area (Å²) in [5.74, 6) is 0. The lowest BCUT2D eigenvalue weighted by atomic mass is 10.2. The van der Waals surface area contributed by atoms with E-state index in [4.69, 9.17) is 4.18 Å². The third-order valence-electron chi connectivity index (χ3n) is 3.72. The van der Waals surface area contributed by atoms with Crippen LogP contribution in [0.25, 0.3) is 10.9 Å². The largest absolute Gasteiger partial charge is 0.358 e. The van der Waals surface area contributed by atoms with Crippen molar-refractivity contribution in [3.8, 4) is 0 Å². The number of benzene rings is 2. The quantitative estimate of drug-likeness (QED) is 0.552. The summed E-state index contributed by atoms with van der Waals surface area (Å²) in [5, 5.41) is 1.16. The van der Waals surface area contributed by atoms with E-state index in [0.717, 1.165) is 28.6 Å². The minimum Gasteiger partial charge on any atom is -0.358 e. The minimum absolute atomic E-state index is 0.172. The van der Waals surface area contributed by atoms with Gasteiger partial charge in [0.15, 0.2) is 0 Å². The topological polar surface area (TPSA) is 59.2 Å². The van der Waals surface area contributed by atoms with Crippen LogP contribution in [0.5, 0.6) is 0 Å². The van der Waals surface area contributed by atoms with E-state index in [9.17, 15) is 8.42 Å². The van der Waals surface area contributed by atoms with Gasteiger partial charge in [0.05, 0.1) is 11.5 Å². The molecule has 0 amide bonds. The number of H-pyrrole nitrogens is 1. The molecule has 0 atom stereocenters. The Kier molecular flexibility index (Phi) is 4.50. The van der Waals surface area contributed by atoms with Crippen molar-refractivity contribution in [2.24, 2.45) is 0 Å². The van der Waals surface area contributed by atoms with Crippen molar-refractivity contribution in [2.45, 2.75) is 24.7 Å². The Morgan fingerprint density at radius 2 is 1.78 bits per heavy atom. The normalized spacial score (nSPS) is 11.9. The van der Waals surface area contributed by atoms with E-state index in [0.29, 0.717) is 6.42 Å². The summed E-state index contributed by atoms with van der Waals surface area (Å²) in [5.41, 5.74) is 3.20. The molecule has 0 radical (unpaired) electrons. The van der Waals surface area contributed by atoms with Crippen molar-refractivity contribution < 1.29 is 12.6 Å². The monoisotopic (exact) mass is 329 g/mol. The van der Waals surface area contributed by atoms with Gasteiger partial charge in [-0.25, -0.2) is 0 Å². The number of fused-ring (bicyclic) bond motifs is 1. The lowest BCUT2D eigenvalue weighted by molar-refractivity contribution is 0.312. The van der Waals surface area contributed by atoms with Crippen LogP contribution in [0.2, 0.25) is 0 Å². The number of aromatic nitrogens is 1. The van der Waals surface area contributed by atoms with E-state index in [1.54, 1.807) is 24.3 Å². The molecule has 0 unspecified atom stereocenters. The zero-order valence-corrected chi connectivity index (χ0v) is 13.8. The van der Waals surface area contributed by atoms with Gasteiger partial charge in [-0.2, -0.15) is 8.42 Å². The maximum atomic E-state index is 12.1. The van der Waals surface area contributed by atoms with Crippen LogP contribution in [0.3, 0.4) is 0 Å². The second kappa shape index (κ2) is 6.56. The van der Waals surface area contributed by atoms with Crippen molar-refractivity contribution in [3.05, 3.63) is 65.9 Å². The molecule has 0 bridgehead atoms. The molecule has 1 heterocycles. The molecule has 3 aromatic rings. The first-order valence-corrected chi connectivity index (χ1v) is 8.98. The lowest BCUT2D eigenvalue weighted by Crippen LogP contribution is -2.08. The predicted octanol–water partition coefficient (Wildman–Crippen LogP) is 3.81. The van der Waals surface area contributed by atoms with Gasteiger partial charge in [0.2, 0.25) is 0 Å². The average molecular weight is 329 g/mol. The van der Waals surface area contributed by atoms with Crippen molar-refractivity contribution in [1.29, 1.82) is 0 Å². The van der Waals surface area contributed by atoms with Gasteiger partial charge in [-0.1, -0.05) is 35.9 Å². The summed E-state index contributed by atoms with van der Waals surface area (Å²) < 4.78 is 29.2. The molecular weight excluding hydrogens is 310 g/mol. The number of rotatable bonds is 6. The van der Waals surface area contributed by atoms with E-state index in [1.165, 1.54) is 0 Å². The number of hydrogen-bond acceptors (Lipinski definition) is 3. The standard InChI is InChI=1S/C18H19NO3S/c1-14-8-10-17(11-9-14)23(20,21)22-12-4-6-16-13-15-5-2-3-7-18(15)19-16/h2-3,5,7-11,13,19H,4,6,12H2,1H3. The molecule has 1 N–H and O–H groups in total. The molecule has 1 aromatic heterocycles. The Hall–Kier alpha value is -2.11. The molecule has 0 fully saturated rings. The molecule has 0 aliphatic carbocycles. The predicted molar refractivity (Wildman–Crippen MR) is 90.9 cm³/mol. The van der Waals surface area contributed by atoms with E-state index < -0.39 is 10.1 Å². The van der Waals surface area contributed by atoms with Crippen LogP contribution in [0.4, 0.5) is 0 Å². The molecule has 120 valence electrons. The SMILES string of the molecule is Cc1ccc(S(=O)(=O)OCCCc2cc3ccccc3[nH]2)cc1. The molecule has 0 aliphatic heterocycles. The maximum absolute atomic E-state index is 12.1. The first-order chi connectivity index (χ1) is 11.0. The summed E-state index contributed by atoms with van der Waals surface area (Å²) >= 11 is 0. The highest BCUT2D eigenvalue weighted by atomic mass is 32.2. The Morgan fingerprint density at radius 3 is 2.52 bits per heavy atom. The molecule has 0 saturated carbocycles.